The number of piperidine rings is 2. The summed E-state index contributed by atoms with van der Waals surface area (Å²) in [4.78, 5) is 15.3. The van der Waals surface area contributed by atoms with E-state index in [1.54, 1.807) is 6.07 Å². The summed E-state index contributed by atoms with van der Waals surface area (Å²) < 4.78 is 5.65. The monoisotopic (exact) mass is 335 g/mol. The standard InChI is InChI=1S/C17H22ClN3O2/c18-13-8-12(16-11(15(13)19)4-7-23-16)17(22)20-14-3-6-21-5-1-2-10(14)9-21/h8,10,14H,1-7,9,19H2,(H,20,22). The van der Waals surface area contributed by atoms with E-state index in [0.717, 1.165) is 25.1 Å². The van der Waals surface area contributed by atoms with Crippen LogP contribution in [0.2, 0.25) is 5.02 Å². The van der Waals surface area contributed by atoms with Gasteiger partial charge in [0.1, 0.15) is 5.75 Å². The number of nitrogens with two attached hydrogens (primary N) is 1. The van der Waals surface area contributed by atoms with E-state index in [0.29, 0.717) is 41.0 Å². The third-order valence-electron chi connectivity index (χ3n) is 5.40. The van der Waals surface area contributed by atoms with E-state index in [2.05, 4.69) is 10.2 Å². The maximum Gasteiger partial charge on any atom is 0.255 e. The van der Waals surface area contributed by atoms with Crippen LogP contribution in [0.3, 0.4) is 0 Å². The lowest BCUT2D eigenvalue weighted by molar-refractivity contribution is 0.0737. The minimum atomic E-state index is -0.0888. The number of halogens is 1. The average Bonchev–Trinajstić information content (AvgIpc) is 3.04. The van der Waals surface area contributed by atoms with Gasteiger partial charge in [-0.25, -0.2) is 0 Å². The van der Waals surface area contributed by atoms with Crippen LogP contribution in [-0.4, -0.2) is 43.1 Å². The highest BCUT2D eigenvalue weighted by Gasteiger charge is 2.34. The molecule has 1 aromatic carbocycles. The van der Waals surface area contributed by atoms with E-state index < -0.39 is 0 Å². The van der Waals surface area contributed by atoms with E-state index in [9.17, 15) is 4.79 Å². The molecule has 3 N–H and O–H groups in total. The fourth-order valence-electron chi connectivity index (χ4n) is 4.15. The number of hydrogen-bond acceptors (Lipinski definition) is 4. The van der Waals surface area contributed by atoms with Crippen molar-refractivity contribution in [3.8, 4) is 5.75 Å². The molecule has 0 aliphatic carbocycles. The van der Waals surface area contributed by atoms with Gasteiger partial charge in [0.2, 0.25) is 0 Å². The molecule has 2 fully saturated rings. The molecule has 0 aromatic heterocycles. The summed E-state index contributed by atoms with van der Waals surface area (Å²) >= 11 is 6.20. The van der Waals surface area contributed by atoms with E-state index in [1.165, 1.54) is 19.4 Å². The normalized spacial score (nSPS) is 28.8. The van der Waals surface area contributed by atoms with Crippen LogP contribution in [0.1, 0.15) is 35.2 Å². The van der Waals surface area contributed by atoms with Crippen LogP contribution in [0, 0.1) is 5.92 Å². The minimum absolute atomic E-state index is 0.0888. The Labute approximate surface area is 141 Å². The van der Waals surface area contributed by atoms with Crippen molar-refractivity contribution in [2.24, 2.45) is 5.92 Å². The van der Waals surface area contributed by atoms with Crippen LogP contribution in [0.5, 0.6) is 5.75 Å². The molecule has 4 rings (SSSR count). The molecule has 3 aliphatic rings. The summed E-state index contributed by atoms with van der Waals surface area (Å²) in [7, 11) is 0. The van der Waals surface area contributed by atoms with Gasteiger partial charge in [0.05, 0.1) is 22.9 Å². The Morgan fingerprint density at radius 3 is 3.13 bits per heavy atom. The zero-order valence-corrected chi connectivity index (χ0v) is 13.9. The van der Waals surface area contributed by atoms with E-state index >= 15 is 0 Å². The zero-order chi connectivity index (χ0) is 16.0. The molecular formula is C17H22ClN3O2. The van der Waals surface area contributed by atoms with E-state index in [-0.39, 0.29) is 11.9 Å². The predicted molar refractivity (Wildman–Crippen MR) is 90.1 cm³/mol. The number of rotatable bonds is 2. The molecule has 3 atom stereocenters. The number of nitrogens with zero attached hydrogens (tertiary/aromatic N) is 1. The molecule has 2 saturated heterocycles. The molecule has 0 radical (unpaired) electrons. The van der Waals surface area contributed by atoms with Crippen LogP contribution < -0.4 is 15.8 Å². The first-order valence-corrected chi connectivity index (χ1v) is 8.78. The summed E-state index contributed by atoms with van der Waals surface area (Å²) in [6.45, 7) is 3.92. The van der Waals surface area contributed by atoms with Gasteiger partial charge in [0.25, 0.3) is 5.91 Å². The summed E-state index contributed by atoms with van der Waals surface area (Å²) in [6, 6.07) is 1.89. The summed E-state index contributed by atoms with van der Waals surface area (Å²) in [6.07, 6.45) is 4.15. The van der Waals surface area contributed by atoms with Crippen LogP contribution in [0.25, 0.3) is 0 Å². The Bertz CT molecular complexity index is 649. The first-order chi connectivity index (χ1) is 11.1. The molecule has 3 heterocycles. The molecule has 5 nitrogen and oxygen atoms in total. The van der Waals surface area contributed by atoms with Crippen LogP contribution in [0.4, 0.5) is 5.69 Å². The highest BCUT2D eigenvalue weighted by atomic mass is 35.5. The van der Waals surface area contributed by atoms with Crippen LogP contribution in [-0.2, 0) is 6.42 Å². The number of anilines is 1. The van der Waals surface area contributed by atoms with Gasteiger partial charge in [0, 0.05) is 31.1 Å². The second kappa shape index (κ2) is 5.87. The van der Waals surface area contributed by atoms with Crippen molar-refractivity contribution in [1.29, 1.82) is 0 Å². The molecule has 0 saturated carbocycles. The van der Waals surface area contributed by atoms with Crippen molar-refractivity contribution < 1.29 is 9.53 Å². The highest BCUT2D eigenvalue weighted by molar-refractivity contribution is 6.33. The number of carbonyl (C=O) groups excluding carboxylic acids is 1. The van der Waals surface area contributed by atoms with Gasteiger partial charge >= 0.3 is 0 Å². The Morgan fingerprint density at radius 2 is 2.26 bits per heavy atom. The molecule has 2 bridgehead atoms. The first kappa shape index (κ1) is 15.1. The molecule has 124 valence electrons. The second-order valence-corrected chi connectivity index (χ2v) is 7.20. The van der Waals surface area contributed by atoms with Crippen LogP contribution >= 0.6 is 11.6 Å². The van der Waals surface area contributed by atoms with Crippen LogP contribution in [0.15, 0.2) is 6.07 Å². The first-order valence-electron chi connectivity index (χ1n) is 8.40. The van der Waals surface area contributed by atoms with Crippen molar-refractivity contribution in [2.45, 2.75) is 31.7 Å². The van der Waals surface area contributed by atoms with Crippen molar-refractivity contribution in [2.75, 3.05) is 32.0 Å². The number of ether oxygens (including phenoxy) is 1. The molecule has 1 amide bonds. The maximum absolute atomic E-state index is 12.8. The number of amides is 1. The van der Waals surface area contributed by atoms with Crippen molar-refractivity contribution in [3.63, 3.8) is 0 Å². The van der Waals surface area contributed by atoms with Gasteiger partial charge in [-0.15, -0.1) is 0 Å². The number of benzene rings is 1. The Hall–Kier alpha value is -1.46. The quantitative estimate of drug-likeness (QED) is 0.812. The maximum atomic E-state index is 12.8. The SMILES string of the molecule is Nc1c(Cl)cc(C(=O)NC2CCN3CCCC2C3)c2c1CCO2. The molecule has 6 heteroatoms. The van der Waals surface area contributed by atoms with Crippen molar-refractivity contribution >= 4 is 23.2 Å². The molecule has 3 aliphatic heterocycles. The molecule has 3 unspecified atom stereocenters. The Kier molecular flexibility index (Phi) is 3.85. The number of fused-ring (bicyclic) bond motifs is 3. The largest absolute Gasteiger partial charge is 0.492 e. The second-order valence-electron chi connectivity index (χ2n) is 6.80. The van der Waals surface area contributed by atoms with Gasteiger partial charge < -0.3 is 20.7 Å². The Morgan fingerprint density at radius 1 is 1.39 bits per heavy atom. The zero-order valence-electron chi connectivity index (χ0n) is 13.1. The number of nitrogen functional groups attached to an aromatic ring is 1. The third-order valence-corrected chi connectivity index (χ3v) is 5.71. The van der Waals surface area contributed by atoms with Gasteiger partial charge in [-0.05, 0) is 37.8 Å². The predicted octanol–water partition coefficient (Wildman–Crippen LogP) is 2.07. The third kappa shape index (κ3) is 2.66. The smallest absolute Gasteiger partial charge is 0.255 e. The van der Waals surface area contributed by atoms with Crippen molar-refractivity contribution in [1.82, 2.24) is 10.2 Å². The molecular weight excluding hydrogens is 314 g/mol. The summed E-state index contributed by atoms with van der Waals surface area (Å²) in [5, 5.41) is 3.66. The summed E-state index contributed by atoms with van der Waals surface area (Å²) in [5.74, 6) is 1.08. The fraction of sp³-hybridized carbons (Fsp3) is 0.588. The Balaban J connectivity index is 1.56. The molecule has 23 heavy (non-hydrogen) atoms. The fourth-order valence-corrected chi connectivity index (χ4v) is 4.38. The van der Waals surface area contributed by atoms with Gasteiger partial charge in [-0.1, -0.05) is 11.6 Å². The molecule has 1 aromatic rings. The van der Waals surface area contributed by atoms with E-state index in [1.807, 2.05) is 0 Å². The average molecular weight is 336 g/mol. The number of hydrogen-bond donors (Lipinski definition) is 2. The van der Waals surface area contributed by atoms with Gasteiger partial charge in [-0.2, -0.15) is 0 Å². The lowest BCUT2D eigenvalue weighted by atomic mass is 9.85. The van der Waals surface area contributed by atoms with Gasteiger partial charge in [0.15, 0.2) is 0 Å². The summed E-state index contributed by atoms with van der Waals surface area (Å²) in [5.41, 5.74) is 7.94. The highest BCUT2D eigenvalue weighted by Crippen LogP contribution is 2.39. The number of carbonyl (C=O) groups is 1. The van der Waals surface area contributed by atoms with Crippen molar-refractivity contribution in [3.05, 3.63) is 22.2 Å². The van der Waals surface area contributed by atoms with Gasteiger partial charge in [-0.3, -0.25) is 4.79 Å². The lowest BCUT2D eigenvalue weighted by Gasteiger charge is -2.42. The lowest BCUT2D eigenvalue weighted by Crippen LogP contribution is -2.53. The molecule has 0 spiro atoms. The van der Waals surface area contributed by atoms with E-state index in [4.69, 9.17) is 22.1 Å². The number of nitrogens with one attached hydrogen (secondary N) is 1. The topological polar surface area (TPSA) is 67.6 Å². The minimum Gasteiger partial charge on any atom is -0.492 e.